The van der Waals surface area contributed by atoms with Gasteiger partial charge in [0.05, 0.1) is 0 Å². The Balaban J connectivity index is 2.29. The zero-order valence-corrected chi connectivity index (χ0v) is 12.5. The van der Waals surface area contributed by atoms with Crippen molar-refractivity contribution < 1.29 is 14.0 Å². The van der Waals surface area contributed by atoms with Crippen LogP contribution in [-0.2, 0) is 4.79 Å². The zero-order chi connectivity index (χ0) is 16.8. The minimum Gasteiger partial charge on any atom is -0.317 e. The van der Waals surface area contributed by atoms with Crippen molar-refractivity contribution in [1.29, 1.82) is 0 Å². The van der Waals surface area contributed by atoms with Gasteiger partial charge in [-0.25, -0.2) is 10.2 Å². The number of rotatable bonds is 4. The maximum atomic E-state index is 13.7. The molecule has 2 aromatic carbocycles. The molecule has 0 atom stereocenters. The Kier molecular flexibility index (Phi) is 5.22. The summed E-state index contributed by atoms with van der Waals surface area (Å²) in [6.07, 6.45) is 1.23. The highest BCUT2D eigenvalue weighted by molar-refractivity contribution is 6.05. The minimum absolute atomic E-state index is 0.150. The maximum absolute atomic E-state index is 13.7. The Labute approximate surface area is 133 Å². The molecule has 2 aromatic rings. The number of carbonyl (C=O) groups is 2. The average molecular weight is 313 g/mol. The van der Waals surface area contributed by atoms with E-state index in [0.29, 0.717) is 5.56 Å². The van der Waals surface area contributed by atoms with E-state index in [1.807, 2.05) is 12.3 Å². The van der Waals surface area contributed by atoms with Crippen LogP contribution in [0.5, 0.6) is 0 Å². The number of amides is 2. The number of carbonyl (C=O) groups excluding carboxylic acids is 2. The fourth-order valence-corrected chi connectivity index (χ4v) is 1.88. The molecule has 0 radical (unpaired) electrons. The lowest BCUT2D eigenvalue weighted by molar-refractivity contribution is -0.117. The van der Waals surface area contributed by atoms with Crippen LogP contribution in [0, 0.1) is 12.7 Å². The fourth-order valence-electron chi connectivity index (χ4n) is 1.88. The van der Waals surface area contributed by atoms with Gasteiger partial charge in [-0.15, -0.1) is 0 Å². The molecule has 0 saturated carbocycles. The number of hydrazine groups is 1. The summed E-state index contributed by atoms with van der Waals surface area (Å²) in [6.45, 7) is 1.90. The first-order valence-corrected chi connectivity index (χ1v) is 6.86. The number of benzene rings is 2. The second-order valence-corrected chi connectivity index (χ2v) is 4.87. The summed E-state index contributed by atoms with van der Waals surface area (Å²) >= 11 is 0. The van der Waals surface area contributed by atoms with Crippen LogP contribution in [0.1, 0.15) is 21.5 Å². The first kappa shape index (κ1) is 16.4. The van der Waals surface area contributed by atoms with Crippen LogP contribution in [0.3, 0.4) is 0 Å². The monoisotopic (exact) mass is 313 g/mol. The van der Waals surface area contributed by atoms with Crippen molar-refractivity contribution in [3.63, 3.8) is 0 Å². The third kappa shape index (κ3) is 4.24. The van der Waals surface area contributed by atoms with E-state index < -0.39 is 17.6 Å². The van der Waals surface area contributed by atoms with E-state index in [0.717, 1.165) is 5.56 Å². The summed E-state index contributed by atoms with van der Waals surface area (Å²) in [6, 6.07) is 12.7. The van der Waals surface area contributed by atoms with Gasteiger partial charge in [-0.05, 0) is 31.2 Å². The maximum Gasteiger partial charge on any atom is 0.281 e. The van der Waals surface area contributed by atoms with Crippen molar-refractivity contribution in [3.8, 4) is 0 Å². The molecule has 0 aliphatic heterocycles. The van der Waals surface area contributed by atoms with Crippen LogP contribution in [-0.4, -0.2) is 11.8 Å². The van der Waals surface area contributed by atoms with E-state index in [9.17, 15) is 14.0 Å². The summed E-state index contributed by atoms with van der Waals surface area (Å²) in [5.41, 5.74) is 3.32. The summed E-state index contributed by atoms with van der Waals surface area (Å²) in [5.74, 6) is 3.38. The lowest BCUT2D eigenvalue weighted by Crippen LogP contribution is -2.38. The van der Waals surface area contributed by atoms with Gasteiger partial charge in [0.1, 0.15) is 11.5 Å². The number of halogens is 1. The largest absolute Gasteiger partial charge is 0.317 e. The van der Waals surface area contributed by atoms with Crippen LogP contribution >= 0.6 is 0 Å². The van der Waals surface area contributed by atoms with Crippen molar-refractivity contribution in [1.82, 2.24) is 10.7 Å². The first-order chi connectivity index (χ1) is 11.0. The molecule has 4 N–H and O–H groups in total. The Morgan fingerprint density at radius 1 is 1.09 bits per heavy atom. The molecule has 0 saturated heterocycles. The van der Waals surface area contributed by atoms with E-state index in [1.165, 1.54) is 24.3 Å². The molecule has 5 nitrogen and oxygen atoms in total. The summed E-state index contributed by atoms with van der Waals surface area (Å²) in [4.78, 5) is 24.0. The predicted octanol–water partition coefficient (Wildman–Crippen LogP) is 1.89. The third-order valence-corrected chi connectivity index (χ3v) is 3.14. The van der Waals surface area contributed by atoms with Gasteiger partial charge < -0.3 is 5.32 Å². The molecule has 0 heterocycles. The number of nitrogens with one attached hydrogen (secondary N) is 2. The number of aryl methyl sites for hydroxylation is 1. The number of hydrogen-bond acceptors (Lipinski definition) is 3. The van der Waals surface area contributed by atoms with Crippen LogP contribution in [0.15, 0.2) is 54.2 Å². The highest BCUT2D eigenvalue weighted by Crippen LogP contribution is 2.11. The lowest BCUT2D eigenvalue weighted by atomic mass is 10.1. The Morgan fingerprint density at radius 3 is 2.35 bits per heavy atom. The van der Waals surface area contributed by atoms with Gasteiger partial charge in [0.15, 0.2) is 0 Å². The first-order valence-electron chi connectivity index (χ1n) is 6.86. The molecule has 0 unspecified atom stereocenters. The van der Waals surface area contributed by atoms with Gasteiger partial charge in [0, 0.05) is 11.1 Å². The van der Waals surface area contributed by atoms with Gasteiger partial charge in [-0.3, -0.25) is 15.0 Å². The lowest BCUT2D eigenvalue weighted by Gasteiger charge is -2.09. The fraction of sp³-hybridized carbons (Fsp3) is 0.0588. The van der Waals surface area contributed by atoms with E-state index in [-0.39, 0.29) is 11.3 Å². The SMILES string of the molecule is Cc1ccc(C(=O)N/C(=C/c2ccccc2F)C(=O)NN)cc1. The van der Waals surface area contributed by atoms with Gasteiger partial charge in [0.2, 0.25) is 0 Å². The van der Waals surface area contributed by atoms with Crippen molar-refractivity contribution in [2.45, 2.75) is 6.92 Å². The summed E-state index contributed by atoms with van der Waals surface area (Å²) in [5, 5.41) is 2.44. The van der Waals surface area contributed by atoms with Gasteiger partial charge in [-0.2, -0.15) is 0 Å². The summed E-state index contributed by atoms with van der Waals surface area (Å²) < 4.78 is 13.7. The Bertz CT molecular complexity index is 755. The van der Waals surface area contributed by atoms with E-state index >= 15 is 0 Å². The van der Waals surface area contributed by atoms with E-state index in [4.69, 9.17) is 5.84 Å². The Morgan fingerprint density at radius 2 is 1.74 bits per heavy atom. The molecule has 0 aliphatic rings. The number of hydrogen-bond donors (Lipinski definition) is 3. The van der Waals surface area contributed by atoms with E-state index in [2.05, 4.69) is 5.32 Å². The van der Waals surface area contributed by atoms with Crippen LogP contribution in [0.25, 0.3) is 6.08 Å². The Hall–Kier alpha value is -2.99. The topological polar surface area (TPSA) is 84.2 Å². The standard InChI is InChI=1S/C17H16FN3O2/c1-11-6-8-12(9-7-11)16(22)20-15(17(23)21-19)10-13-4-2-3-5-14(13)18/h2-10H,19H2,1H3,(H,20,22)(H,21,23)/b15-10+. The van der Waals surface area contributed by atoms with Gasteiger partial charge in [0.25, 0.3) is 11.8 Å². The van der Waals surface area contributed by atoms with Crippen molar-refractivity contribution in [2.75, 3.05) is 0 Å². The summed E-state index contributed by atoms with van der Waals surface area (Å²) in [7, 11) is 0. The number of nitrogens with two attached hydrogens (primary N) is 1. The van der Waals surface area contributed by atoms with Crippen LogP contribution in [0.4, 0.5) is 4.39 Å². The quantitative estimate of drug-likeness (QED) is 0.349. The third-order valence-electron chi connectivity index (χ3n) is 3.14. The zero-order valence-electron chi connectivity index (χ0n) is 12.5. The molecular formula is C17H16FN3O2. The molecule has 0 aliphatic carbocycles. The normalized spacial score (nSPS) is 11.0. The molecule has 2 amide bonds. The van der Waals surface area contributed by atoms with Crippen LogP contribution < -0.4 is 16.6 Å². The molecule has 0 fully saturated rings. The van der Waals surface area contributed by atoms with Crippen molar-refractivity contribution in [2.24, 2.45) is 5.84 Å². The average Bonchev–Trinajstić information content (AvgIpc) is 2.56. The van der Waals surface area contributed by atoms with Crippen molar-refractivity contribution >= 4 is 17.9 Å². The van der Waals surface area contributed by atoms with Gasteiger partial charge in [-0.1, -0.05) is 35.9 Å². The van der Waals surface area contributed by atoms with Crippen LogP contribution in [0.2, 0.25) is 0 Å². The molecule has 0 bridgehead atoms. The molecule has 118 valence electrons. The van der Waals surface area contributed by atoms with Gasteiger partial charge >= 0.3 is 0 Å². The second-order valence-electron chi connectivity index (χ2n) is 4.87. The van der Waals surface area contributed by atoms with E-state index in [1.54, 1.807) is 30.3 Å². The molecular weight excluding hydrogens is 297 g/mol. The highest BCUT2D eigenvalue weighted by atomic mass is 19.1. The predicted molar refractivity (Wildman–Crippen MR) is 85.4 cm³/mol. The highest BCUT2D eigenvalue weighted by Gasteiger charge is 2.14. The minimum atomic E-state index is -0.728. The second kappa shape index (κ2) is 7.33. The van der Waals surface area contributed by atoms with Crippen molar-refractivity contribution in [3.05, 3.63) is 76.7 Å². The molecule has 0 aromatic heterocycles. The molecule has 2 rings (SSSR count). The molecule has 6 heteroatoms. The molecule has 0 spiro atoms. The smallest absolute Gasteiger partial charge is 0.281 e. The molecule has 23 heavy (non-hydrogen) atoms.